The summed E-state index contributed by atoms with van der Waals surface area (Å²) < 4.78 is 39.6. The van der Waals surface area contributed by atoms with Crippen molar-refractivity contribution in [1.82, 2.24) is 26.3 Å². The molecule has 0 spiro atoms. The number of nitrogens with one attached hydrogen (secondary N) is 5. The Hall–Kier alpha value is -5.97. The van der Waals surface area contributed by atoms with Gasteiger partial charge in [0.05, 0.1) is 19.0 Å². The zero-order valence-corrected chi connectivity index (χ0v) is 34.6. The fraction of sp³-hybridized carbons (Fsp3) is 0.415. The molecule has 3 atom stereocenters. The summed E-state index contributed by atoms with van der Waals surface area (Å²) in [7, 11) is -3.63. The number of alkyl carbamates (subject to hydrolysis) is 1. The smallest absolute Gasteiger partial charge is 0.408 e. The Labute approximate surface area is 338 Å². The van der Waals surface area contributed by atoms with E-state index in [1.165, 1.54) is 6.08 Å². The zero-order chi connectivity index (χ0) is 43.1. The Morgan fingerprint density at radius 1 is 0.793 bits per heavy atom. The number of esters is 2. The molecule has 1 heterocycles. The highest BCUT2D eigenvalue weighted by Crippen LogP contribution is 2.19. The van der Waals surface area contributed by atoms with Crippen LogP contribution in [0.15, 0.2) is 78.4 Å². The number of sulfone groups is 1. The lowest BCUT2D eigenvalue weighted by atomic mass is 10.1. The molecule has 0 aliphatic heterocycles. The number of aromatic nitrogens is 1. The number of rotatable bonds is 18. The molecule has 16 nitrogen and oxygen atoms in total. The Morgan fingerprint density at radius 3 is 2.09 bits per heavy atom. The fourth-order valence-corrected chi connectivity index (χ4v) is 5.70. The van der Waals surface area contributed by atoms with Gasteiger partial charge in [-0.2, -0.15) is 0 Å². The van der Waals surface area contributed by atoms with Crippen LogP contribution in [0.25, 0.3) is 17.0 Å². The molecule has 5 N–H and O–H groups in total. The summed E-state index contributed by atoms with van der Waals surface area (Å²) in [5, 5.41) is 11.7. The van der Waals surface area contributed by atoms with Crippen LogP contribution in [0, 0.1) is 0 Å². The van der Waals surface area contributed by atoms with E-state index >= 15 is 0 Å². The summed E-state index contributed by atoms with van der Waals surface area (Å²) in [6.07, 6.45) is 4.91. The van der Waals surface area contributed by atoms with Crippen molar-refractivity contribution in [2.24, 2.45) is 0 Å². The molecule has 0 fully saturated rings. The van der Waals surface area contributed by atoms with Crippen molar-refractivity contribution in [1.29, 1.82) is 0 Å². The van der Waals surface area contributed by atoms with Crippen molar-refractivity contribution in [3.63, 3.8) is 0 Å². The van der Waals surface area contributed by atoms with Crippen molar-refractivity contribution in [2.75, 3.05) is 12.8 Å². The van der Waals surface area contributed by atoms with Crippen LogP contribution in [-0.4, -0.2) is 91.3 Å². The van der Waals surface area contributed by atoms with Gasteiger partial charge in [0.25, 0.3) is 0 Å². The molecule has 58 heavy (non-hydrogen) atoms. The van der Waals surface area contributed by atoms with Gasteiger partial charge >= 0.3 is 18.0 Å². The van der Waals surface area contributed by atoms with Crippen LogP contribution >= 0.6 is 0 Å². The lowest BCUT2D eigenvalue weighted by Gasteiger charge is -2.23. The number of carbonyl (C=O) groups excluding carboxylic acids is 6. The van der Waals surface area contributed by atoms with Crippen LogP contribution in [0.1, 0.15) is 71.9 Å². The molecule has 4 amide bonds. The van der Waals surface area contributed by atoms with Gasteiger partial charge < -0.3 is 40.5 Å². The SMILES string of the molecule is CC(C)(C)OC(=O)CC[C@H](NC(=O)[C@H](/C=C/c1c[nH]c2ccccc12)NC(=O)OCc1ccccc1)C(=O)NCC(=O)NC(/C=C/S(C)(=O)=O)CC(=O)OC(C)(C)C. The number of hydrogen-bond acceptors (Lipinski definition) is 11. The lowest BCUT2D eigenvalue weighted by molar-refractivity contribution is -0.156. The van der Waals surface area contributed by atoms with Gasteiger partial charge in [0, 0.05) is 35.2 Å². The summed E-state index contributed by atoms with van der Waals surface area (Å²) in [4.78, 5) is 81.8. The molecule has 3 aromatic rings. The molecule has 2 aromatic carbocycles. The topological polar surface area (TPSA) is 228 Å². The molecule has 1 aromatic heterocycles. The third-order valence-electron chi connectivity index (χ3n) is 7.68. The number of aromatic amines is 1. The minimum atomic E-state index is -3.63. The highest BCUT2D eigenvalue weighted by Gasteiger charge is 2.28. The third kappa shape index (κ3) is 17.9. The van der Waals surface area contributed by atoms with E-state index in [-0.39, 0.29) is 19.4 Å². The lowest BCUT2D eigenvalue weighted by Crippen LogP contribution is -2.54. The predicted octanol–water partition coefficient (Wildman–Crippen LogP) is 3.97. The van der Waals surface area contributed by atoms with Crippen molar-refractivity contribution in [3.8, 4) is 0 Å². The van der Waals surface area contributed by atoms with Crippen LogP contribution in [-0.2, 0) is 54.6 Å². The van der Waals surface area contributed by atoms with Gasteiger partial charge in [0.2, 0.25) is 17.7 Å². The van der Waals surface area contributed by atoms with Crippen molar-refractivity contribution in [3.05, 3.63) is 89.5 Å². The van der Waals surface area contributed by atoms with E-state index in [1.807, 2.05) is 30.3 Å². The standard InChI is InChI=1S/C41H53N5O11S/c1-40(2,3)56-35(48)20-19-32(37(50)43-25-34(47)44-29(21-22-58(7,53)54)23-36(49)57-41(4,5)6)45-38(51)33(46-39(52)55-26-27-13-9-8-10-14-27)18-17-28-24-42-31-16-12-11-15-30(28)31/h8-18,21-22,24,29,32-33,42H,19-20,23,25-26H2,1-7H3,(H,43,50)(H,44,47)(H,45,51)(H,46,52)/b18-17+,22-21+/t29?,32-,33-/m0/s1. The average molecular weight is 824 g/mol. The molecular weight excluding hydrogens is 771 g/mol. The molecule has 0 aliphatic carbocycles. The molecule has 0 radical (unpaired) electrons. The van der Waals surface area contributed by atoms with Gasteiger partial charge in [-0.15, -0.1) is 0 Å². The monoisotopic (exact) mass is 823 g/mol. The van der Waals surface area contributed by atoms with Crippen molar-refractivity contribution in [2.45, 2.75) is 96.7 Å². The minimum absolute atomic E-state index is 0.0845. The van der Waals surface area contributed by atoms with E-state index in [9.17, 15) is 37.2 Å². The second kappa shape index (κ2) is 21.0. The molecule has 3 rings (SSSR count). The maximum Gasteiger partial charge on any atom is 0.408 e. The van der Waals surface area contributed by atoms with Gasteiger partial charge in [0.15, 0.2) is 9.84 Å². The van der Waals surface area contributed by atoms with Crippen LogP contribution < -0.4 is 21.3 Å². The summed E-state index contributed by atoms with van der Waals surface area (Å²) in [6.45, 7) is 9.21. The van der Waals surface area contributed by atoms with E-state index < -0.39 is 87.9 Å². The summed E-state index contributed by atoms with van der Waals surface area (Å²) >= 11 is 0. The van der Waals surface area contributed by atoms with E-state index in [0.29, 0.717) is 11.1 Å². The second-order valence-corrected chi connectivity index (χ2v) is 17.3. The van der Waals surface area contributed by atoms with Gasteiger partial charge in [-0.3, -0.25) is 24.0 Å². The maximum atomic E-state index is 13.9. The van der Waals surface area contributed by atoms with Gasteiger partial charge in [-0.25, -0.2) is 13.2 Å². The first-order valence-corrected chi connectivity index (χ1v) is 20.4. The number of H-pyrrole nitrogens is 1. The molecule has 0 bridgehead atoms. The Bertz CT molecular complexity index is 2080. The van der Waals surface area contributed by atoms with Gasteiger partial charge in [0.1, 0.15) is 29.9 Å². The van der Waals surface area contributed by atoms with Gasteiger partial charge in [-0.1, -0.05) is 66.8 Å². The normalized spacial score (nSPS) is 13.6. The molecule has 314 valence electrons. The Balaban J connectivity index is 1.82. The summed E-state index contributed by atoms with van der Waals surface area (Å²) in [6, 6.07) is 12.4. The quantitative estimate of drug-likeness (QED) is 0.0911. The Kier molecular flexibility index (Phi) is 16.8. The number of hydrogen-bond donors (Lipinski definition) is 5. The largest absolute Gasteiger partial charge is 0.460 e. The Morgan fingerprint density at radius 2 is 1.43 bits per heavy atom. The highest BCUT2D eigenvalue weighted by molar-refractivity contribution is 7.93. The number of carbonyl (C=O) groups is 6. The number of fused-ring (bicyclic) bond motifs is 1. The van der Waals surface area contributed by atoms with Crippen LogP contribution in [0.2, 0.25) is 0 Å². The van der Waals surface area contributed by atoms with E-state index in [1.54, 1.807) is 78.1 Å². The van der Waals surface area contributed by atoms with E-state index in [4.69, 9.17) is 14.2 Å². The summed E-state index contributed by atoms with van der Waals surface area (Å²) in [5.41, 5.74) is 0.568. The summed E-state index contributed by atoms with van der Waals surface area (Å²) in [5.74, 6) is -3.88. The first kappa shape index (κ1) is 46.4. The fourth-order valence-electron chi connectivity index (χ4n) is 5.23. The molecule has 17 heteroatoms. The van der Waals surface area contributed by atoms with Crippen LogP contribution in [0.3, 0.4) is 0 Å². The van der Waals surface area contributed by atoms with Crippen LogP contribution in [0.4, 0.5) is 4.79 Å². The minimum Gasteiger partial charge on any atom is -0.460 e. The van der Waals surface area contributed by atoms with Crippen molar-refractivity contribution >= 4 is 62.6 Å². The number of para-hydroxylation sites is 1. The second-order valence-electron chi connectivity index (χ2n) is 15.4. The number of benzene rings is 2. The average Bonchev–Trinajstić information content (AvgIpc) is 3.53. The highest BCUT2D eigenvalue weighted by atomic mass is 32.2. The number of amides is 4. The molecule has 0 saturated carbocycles. The molecular formula is C41H53N5O11S. The predicted molar refractivity (Wildman–Crippen MR) is 217 cm³/mol. The zero-order valence-electron chi connectivity index (χ0n) is 33.7. The number of ether oxygens (including phenoxy) is 3. The molecule has 0 saturated heterocycles. The first-order chi connectivity index (χ1) is 27.1. The van der Waals surface area contributed by atoms with E-state index in [2.05, 4.69) is 26.3 Å². The van der Waals surface area contributed by atoms with Crippen LogP contribution in [0.5, 0.6) is 0 Å². The van der Waals surface area contributed by atoms with E-state index in [0.717, 1.165) is 28.6 Å². The van der Waals surface area contributed by atoms with Crippen molar-refractivity contribution < 1.29 is 51.4 Å². The van der Waals surface area contributed by atoms with Gasteiger partial charge in [-0.05, 0) is 65.2 Å². The molecule has 1 unspecified atom stereocenters. The maximum absolute atomic E-state index is 13.9. The first-order valence-electron chi connectivity index (χ1n) is 18.5. The molecule has 0 aliphatic rings. The third-order valence-corrected chi connectivity index (χ3v) is 8.33.